The summed E-state index contributed by atoms with van der Waals surface area (Å²) in [6.07, 6.45) is 7.84. The quantitative estimate of drug-likeness (QED) is 0.795. The Bertz CT molecular complexity index is 1040. The zero-order valence-electron chi connectivity index (χ0n) is 16.2. The maximum Gasteiger partial charge on any atom is 0.259 e. The fraction of sp³-hybridized carbons (Fsp3) is 0.500. The Kier molecular flexibility index (Phi) is 4.94. The molecule has 0 radical (unpaired) electrons. The molecule has 1 unspecified atom stereocenters. The van der Waals surface area contributed by atoms with Crippen LogP contribution in [0.25, 0.3) is 0 Å². The van der Waals surface area contributed by atoms with Gasteiger partial charge in [-0.2, -0.15) is 0 Å². The summed E-state index contributed by atoms with van der Waals surface area (Å²) in [6.45, 7) is 3.18. The van der Waals surface area contributed by atoms with Crippen LogP contribution >= 0.6 is 11.3 Å². The van der Waals surface area contributed by atoms with Gasteiger partial charge >= 0.3 is 0 Å². The monoisotopic (exact) mass is 419 g/mol. The standard InChI is InChI=1S/C20H25N3O3S2/c1-20(2,25)19-22-11-18(27-19)28(21,26)23-17(24)10-16-14-7-3-5-12(14)9-13-6-4-8-15(13)16/h9,11,25H,3-8,10H2,1-2H3,(H2,21,23,24,26). The lowest BCUT2D eigenvalue weighted by Crippen LogP contribution is -2.16. The second-order valence-electron chi connectivity index (χ2n) is 8.11. The SMILES string of the molecule is CC(C)(O)c1ncc(S(N)(=O)=NC(=O)Cc2c3c(cc4c2CCC4)CCC3)s1. The number of carbonyl (C=O) groups is 1. The van der Waals surface area contributed by atoms with Crippen LogP contribution in [0.1, 0.15) is 59.5 Å². The molecule has 2 aliphatic rings. The van der Waals surface area contributed by atoms with Gasteiger partial charge in [0.05, 0.1) is 12.6 Å². The van der Waals surface area contributed by atoms with Crippen LogP contribution in [0.2, 0.25) is 0 Å². The Morgan fingerprint density at radius 3 is 2.39 bits per heavy atom. The summed E-state index contributed by atoms with van der Waals surface area (Å²) in [6, 6.07) is 2.32. The molecule has 150 valence electrons. The summed E-state index contributed by atoms with van der Waals surface area (Å²) in [5, 5.41) is 16.3. The van der Waals surface area contributed by atoms with Gasteiger partial charge in [-0.1, -0.05) is 6.07 Å². The van der Waals surface area contributed by atoms with Gasteiger partial charge in [0, 0.05) is 0 Å². The number of aliphatic hydroxyl groups is 1. The van der Waals surface area contributed by atoms with Gasteiger partial charge in [0.15, 0.2) is 9.92 Å². The topological polar surface area (TPSA) is 106 Å². The maximum atomic E-state index is 12.9. The predicted molar refractivity (Wildman–Crippen MR) is 110 cm³/mol. The lowest BCUT2D eigenvalue weighted by molar-refractivity contribution is -0.117. The number of thiazole rings is 1. The molecule has 2 aromatic rings. The first-order valence-corrected chi connectivity index (χ1v) is 12.0. The molecule has 3 N–H and O–H groups in total. The van der Waals surface area contributed by atoms with Crippen molar-refractivity contribution in [3.8, 4) is 0 Å². The first-order valence-electron chi connectivity index (χ1n) is 9.57. The van der Waals surface area contributed by atoms with Crippen LogP contribution in [0, 0.1) is 0 Å². The highest BCUT2D eigenvalue weighted by atomic mass is 32.2. The van der Waals surface area contributed by atoms with Gasteiger partial charge in [-0.05, 0) is 80.2 Å². The highest BCUT2D eigenvalue weighted by Crippen LogP contribution is 2.35. The molecule has 1 aromatic heterocycles. The summed E-state index contributed by atoms with van der Waals surface area (Å²) < 4.78 is 17.0. The second kappa shape index (κ2) is 7.02. The van der Waals surface area contributed by atoms with Crippen molar-refractivity contribution in [3.63, 3.8) is 0 Å². The number of hydrogen-bond acceptors (Lipinski definition) is 5. The first-order chi connectivity index (χ1) is 13.1. The Morgan fingerprint density at radius 1 is 1.25 bits per heavy atom. The number of rotatable bonds is 4. The van der Waals surface area contributed by atoms with Crippen LogP contribution in [-0.2, 0) is 52.4 Å². The number of hydrogen-bond donors (Lipinski definition) is 2. The third-order valence-corrected chi connectivity index (χ3v) is 8.69. The molecular formula is C20H25N3O3S2. The third-order valence-electron chi connectivity index (χ3n) is 5.46. The number of fused-ring (bicyclic) bond motifs is 2. The van der Waals surface area contributed by atoms with Crippen LogP contribution < -0.4 is 5.14 Å². The average Bonchev–Trinajstić information content (AvgIpc) is 3.33. The molecule has 2 aliphatic carbocycles. The predicted octanol–water partition coefficient (Wildman–Crippen LogP) is 2.82. The van der Waals surface area contributed by atoms with Crippen LogP contribution in [-0.4, -0.2) is 20.2 Å². The molecule has 0 bridgehead atoms. The summed E-state index contributed by atoms with van der Waals surface area (Å²) in [7, 11) is -3.38. The third kappa shape index (κ3) is 3.66. The van der Waals surface area contributed by atoms with Crippen LogP contribution in [0.3, 0.4) is 0 Å². The number of aryl methyl sites for hydroxylation is 2. The van der Waals surface area contributed by atoms with Crippen LogP contribution in [0.5, 0.6) is 0 Å². The molecular weight excluding hydrogens is 394 g/mol. The molecule has 0 saturated heterocycles. The zero-order chi connectivity index (χ0) is 20.1. The van der Waals surface area contributed by atoms with Crippen molar-refractivity contribution in [2.45, 2.75) is 68.6 Å². The molecule has 0 saturated carbocycles. The van der Waals surface area contributed by atoms with E-state index < -0.39 is 21.4 Å². The average molecular weight is 420 g/mol. The van der Waals surface area contributed by atoms with Gasteiger partial charge in [-0.25, -0.2) is 14.3 Å². The van der Waals surface area contributed by atoms with E-state index in [1.165, 1.54) is 28.5 Å². The van der Waals surface area contributed by atoms with E-state index in [1.807, 2.05) is 0 Å². The lowest BCUT2D eigenvalue weighted by atomic mass is 9.92. The Labute approximate surface area is 169 Å². The van der Waals surface area contributed by atoms with Crippen LogP contribution in [0.15, 0.2) is 20.8 Å². The van der Waals surface area contributed by atoms with Gasteiger partial charge in [-0.3, -0.25) is 4.79 Å². The van der Waals surface area contributed by atoms with Crippen molar-refractivity contribution in [2.75, 3.05) is 0 Å². The van der Waals surface area contributed by atoms with E-state index in [0.29, 0.717) is 5.01 Å². The number of carbonyl (C=O) groups excluding carboxylic acids is 1. The van der Waals surface area contributed by atoms with Crippen molar-refractivity contribution in [3.05, 3.63) is 45.1 Å². The van der Waals surface area contributed by atoms with Gasteiger partial charge < -0.3 is 5.11 Å². The number of amides is 1. The molecule has 1 aromatic carbocycles. The van der Waals surface area contributed by atoms with E-state index >= 15 is 0 Å². The summed E-state index contributed by atoms with van der Waals surface area (Å²) in [5.74, 6) is -0.458. The second-order valence-corrected chi connectivity index (χ2v) is 11.2. The Hall–Kier alpha value is -1.61. The molecule has 0 aliphatic heterocycles. The smallest absolute Gasteiger partial charge is 0.259 e. The summed E-state index contributed by atoms with van der Waals surface area (Å²) in [4.78, 5) is 16.8. The largest absolute Gasteiger partial charge is 0.383 e. The Morgan fingerprint density at radius 2 is 1.86 bits per heavy atom. The Balaban J connectivity index is 1.65. The van der Waals surface area contributed by atoms with E-state index in [1.54, 1.807) is 13.8 Å². The summed E-state index contributed by atoms with van der Waals surface area (Å²) >= 11 is 1.03. The maximum absolute atomic E-state index is 12.9. The molecule has 4 rings (SSSR count). The molecule has 1 heterocycles. The van der Waals surface area contributed by atoms with E-state index in [9.17, 15) is 14.1 Å². The molecule has 6 nitrogen and oxygen atoms in total. The van der Waals surface area contributed by atoms with E-state index in [0.717, 1.165) is 55.4 Å². The number of nitrogens with zero attached hydrogens (tertiary/aromatic N) is 2. The highest BCUT2D eigenvalue weighted by Gasteiger charge is 2.26. The van der Waals surface area contributed by atoms with Gasteiger partial charge in [-0.15, -0.1) is 15.7 Å². The molecule has 8 heteroatoms. The number of aromatic nitrogens is 1. The first kappa shape index (κ1) is 19.7. The normalized spacial score (nSPS) is 17.9. The van der Waals surface area contributed by atoms with Crippen molar-refractivity contribution in [1.82, 2.24) is 4.98 Å². The lowest BCUT2D eigenvalue weighted by Gasteiger charge is -2.14. The minimum absolute atomic E-state index is 0.150. The van der Waals surface area contributed by atoms with Crippen LogP contribution in [0.4, 0.5) is 0 Å². The fourth-order valence-electron chi connectivity index (χ4n) is 4.21. The van der Waals surface area contributed by atoms with Gasteiger partial charge in [0.2, 0.25) is 0 Å². The highest BCUT2D eigenvalue weighted by molar-refractivity contribution is 7.93. The number of nitrogens with two attached hydrogens (primary N) is 1. The fourth-order valence-corrected chi connectivity index (χ4v) is 6.34. The van der Waals surface area contributed by atoms with Gasteiger partial charge in [0.1, 0.15) is 14.8 Å². The summed E-state index contributed by atoms with van der Waals surface area (Å²) in [5.41, 5.74) is 5.22. The molecule has 1 atom stereocenters. The minimum Gasteiger partial charge on any atom is -0.383 e. The molecule has 0 fully saturated rings. The van der Waals surface area contributed by atoms with E-state index in [2.05, 4.69) is 15.4 Å². The number of benzene rings is 1. The van der Waals surface area contributed by atoms with E-state index in [-0.39, 0.29) is 10.6 Å². The van der Waals surface area contributed by atoms with E-state index in [4.69, 9.17) is 5.14 Å². The molecule has 28 heavy (non-hydrogen) atoms. The minimum atomic E-state index is -3.38. The van der Waals surface area contributed by atoms with Crippen molar-refractivity contribution in [2.24, 2.45) is 9.50 Å². The zero-order valence-corrected chi connectivity index (χ0v) is 17.8. The van der Waals surface area contributed by atoms with Crippen molar-refractivity contribution < 1.29 is 14.1 Å². The van der Waals surface area contributed by atoms with Crippen molar-refractivity contribution in [1.29, 1.82) is 0 Å². The molecule has 1 amide bonds. The van der Waals surface area contributed by atoms with Gasteiger partial charge in [0.25, 0.3) is 5.91 Å². The van der Waals surface area contributed by atoms with Crippen molar-refractivity contribution >= 4 is 27.2 Å². The molecule has 0 spiro atoms.